The van der Waals surface area contributed by atoms with E-state index in [-0.39, 0.29) is 6.61 Å². The van der Waals surface area contributed by atoms with Gasteiger partial charge in [-0.2, -0.15) is 13.2 Å². The van der Waals surface area contributed by atoms with E-state index in [0.29, 0.717) is 0 Å². The van der Waals surface area contributed by atoms with Crippen LogP contribution in [0.25, 0.3) is 0 Å². The standard InChI is InChI=1S/C5H10BF3O3/c1-4(6(10)11)2-12-3-5(7,8)9/h4,10-11H,2-3H2,1H3/t4-/m0/s1. The van der Waals surface area contributed by atoms with Gasteiger partial charge in [-0.1, -0.05) is 6.92 Å². The van der Waals surface area contributed by atoms with Gasteiger partial charge in [0.05, 0.1) is 0 Å². The Hall–Kier alpha value is -0.265. The van der Waals surface area contributed by atoms with E-state index in [2.05, 4.69) is 4.74 Å². The van der Waals surface area contributed by atoms with E-state index in [1.165, 1.54) is 6.92 Å². The Morgan fingerprint density at radius 1 is 1.42 bits per heavy atom. The Morgan fingerprint density at radius 2 is 1.92 bits per heavy atom. The Morgan fingerprint density at radius 3 is 2.25 bits per heavy atom. The molecule has 3 nitrogen and oxygen atoms in total. The molecule has 0 rings (SSSR count). The molecule has 0 aromatic carbocycles. The molecule has 2 N–H and O–H groups in total. The smallest absolute Gasteiger partial charge is 0.427 e. The molecule has 1 atom stereocenters. The molecule has 72 valence electrons. The summed E-state index contributed by atoms with van der Waals surface area (Å²) in [5, 5.41) is 16.9. The van der Waals surface area contributed by atoms with Crippen LogP contribution in [0.2, 0.25) is 5.82 Å². The van der Waals surface area contributed by atoms with Crippen molar-refractivity contribution in [3.05, 3.63) is 0 Å². The molecular formula is C5H10BF3O3. The maximum atomic E-state index is 11.5. The lowest BCUT2D eigenvalue weighted by Crippen LogP contribution is -2.25. The molecule has 0 unspecified atom stereocenters. The summed E-state index contributed by atoms with van der Waals surface area (Å²) in [6.45, 7) is -0.303. The number of alkyl halides is 3. The second-order valence-electron chi connectivity index (χ2n) is 2.52. The lowest BCUT2D eigenvalue weighted by Gasteiger charge is -2.11. The SMILES string of the molecule is C[C@@H](COCC(F)(F)F)B(O)O. The summed E-state index contributed by atoms with van der Waals surface area (Å²) < 4.78 is 38.5. The number of hydrogen-bond acceptors (Lipinski definition) is 3. The summed E-state index contributed by atoms with van der Waals surface area (Å²) in [6, 6.07) is 0. The largest absolute Gasteiger partial charge is 0.456 e. The molecule has 0 spiro atoms. The van der Waals surface area contributed by atoms with Crippen LogP contribution in [-0.2, 0) is 4.74 Å². The first-order valence-corrected chi connectivity index (χ1v) is 3.33. The normalized spacial score (nSPS) is 14.5. The molecule has 0 heterocycles. The topological polar surface area (TPSA) is 49.7 Å². The van der Waals surface area contributed by atoms with Crippen molar-refractivity contribution < 1.29 is 28.0 Å². The van der Waals surface area contributed by atoms with Crippen LogP contribution in [-0.4, -0.2) is 36.6 Å². The molecule has 0 bridgehead atoms. The zero-order valence-corrected chi connectivity index (χ0v) is 6.51. The summed E-state index contributed by atoms with van der Waals surface area (Å²) in [6.07, 6.45) is -4.36. The average molecular weight is 186 g/mol. The van der Waals surface area contributed by atoms with E-state index in [0.717, 1.165) is 0 Å². The van der Waals surface area contributed by atoms with E-state index in [1.807, 2.05) is 0 Å². The van der Waals surface area contributed by atoms with Gasteiger partial charge in [0, 0.05) is 12.4 Å². The highest BCUT2D eigenvalue weighted by atomic mass is 19.4. The van der Waals surface area contributed by atoms with Crippen molar-refractivity contribution in [2.45, 2.75) is 18.9 Å². The van der Waals surface area contributed by atoms with Gasteiger partial charge in [0.25, 0.3) is 0 Å². The highest BCUT2D eigenvalue weighted by Crippen LogP contribution is 2.15. The van der Waals surface area contributed by atoms with Crippen molar-refractivity contribution in [3.63, 3.8) is 0 Å². The van der Waals surface area contributed by atoms with Crippen molar-refractivity contribution in [2.24, 2.45) is 0 Å². The highest BCUT2D eigenvalue weighted by molar-refractivity contribution is 6.43. The maximum Gasteiger partial charge on any atom is 0.456 e. The molecule has 0 aromatic rings. The summed E-state index contributed by atoms with van der Waals surface area (Å²) in [5.74, 6) is -0.715. The second kappa shape index (κ2) is 4.69. The minimum atomic E-state index is -4.36. The molecule has 0 radical (unpaired) electrons. The van der Waals surface area contributed by atoms with Gasteiger partial charge in [0.15, 0.2) is 0 Å². The third-order valence-corrected chi connectivity index (χ3v) is 1.16. The Balaban J connectivity index is 3.44. The van der Waals surface area contributed by atoms with E-state index < -0.39 is 25.7 Å². The zero-order valence-electron chi connectivity index (χ0n) is 6.51. The second-order valence-corrected chi connectivity index (χ2v) is 2.52. The van der Waals surface area contributed by atoms with Gasteiger partial charge in [0.2, 0.25) is 0 Å². The number of rotatable bonds is 4. The predicted octanol–water partition coefficient (Wildman–Crippen LogP) is 0.428. The van der Waals surface area contributed by atoms with Gasteiger partial charge in [-0.25, -0.2) is 0 Å². The molecule has 0 saturated carbocycles. The molecule has 0 fully saturated rings. The summed E-state index contributed by atoms with van der Waals surface area (Å²) >= 11 is 0. The Kier molecular flexibility index (Phi) is 4.58. The van der Waals surface area contributed by atoms with Crippen molar-refractivity contribution in [3.8, 4) is 0 Å². The molecule has 0 aliphatic rings. The van der Waals surface area contributed by atoms with Gasteiger partial charge in [-0.05, 0) is 0 Å². The first kappa shape index (κ1) is 11.7. The van der Waals surface area contributed by atoms with E-state index in [1.54, 1.807) is 0 Å². The number of halogens is 3. The fraction of sp³-hybridized carbons (Fsp3) is 1.00. The Bertz CT molecular complexity index is 128. The minimum absolute atomic E-state index is 0.322. The van der Waals surface area contributed by atoms with Crippen molar-refractivity contribution in [1.82, 2.24) is 0 Å². The number of ether oxygens (including phenoxy) is 1. The third kappa shape index (κ3) is 6.45. The van der Waals surface area contributed by atoms with Gasteiger partial charge >= 0.3 is 13.3 Å². The number of hydrogen-bond donors (Lipinski definition) is 2. The van der Waals surface area contributed by atoms with Crippen LogP contribution in [0.4, 0.5) is 13.2 Å². The maximum absolute atomic E-state index is 11.5. The monoisotopic (exact) mass is 186 g/mol. The van der Waals surface area contributed by atoms with Gasteiger partial charge < -0.3 is 14.8 Å². The predicted molar refractivity (Wildman–Crippen MR) is 36.5 cm³/mol. The molecule has 0 aliphatic carbocycles. The Labute approximate surface area is 68.3 Å². The van der Waals surface area contributed by atoms with Crippen LogP contribution >= 0.6 is 0 Å². The summed E-state index contributed by atoms with van der Waals surface area (Å²) in [4.78, 5) is 0. The molecule has 7 heteroatoms. The third-order valence-electron chi connectivity index (χ3n) is 1.16. The molecule has 0 amide bonds. The van der Waals surface area contributed by atoms with Crippen LogP contribution in [0.15, 0.2) is 0 Å². The van der Waals surface area contributed by atoms with Crippen LogP contribution in [0, 0.1) is 0 Å². The van der Waals surface area contributed by atoms with Crippen LogP contribution in [0.5, 0.6) is 0 Å². The lowest BCUT2D eigenvalue weighted by atomic mass is 9.75. The van der Waals surface area contributed by atoms with Gasteiger partial charge in [-0.3, -0.25) is 0 Å². The van der Waals surface area contributed by atoms with Gasteiger partial charge in [-0.15, -0.1) is 0 Å². The molecular weight excluding hydrogens is 176 g/mol. The van der Waals surface area contributed by atoms with Gasteiger partial charge in [0.1, 0.15) is 6.61 Å². The summed E-state index contributed by atoms with van der Waals surface area (Å²) in [5.41, 5.74) is 0. The van der Waals surface area contributed by atoms with E-state index in [9.17, 15) is 13.2 Å². The average Bonchev–Trinajstić information content (AvgIpc) is 1.84. The van der Waals surface area contributed by atoms with Crippen molar-refractivity contribution in [1.29, 1.82) is 0 Å². The fourth-order valence-electron chi connectivity index (χ4n) is 0.447. The molecule has 0 aromatic heterocycles. The highest BCUT2D eigenvalue weighted by Gasteiger charge is 2.28. The van der Waals surface area contributed by atoms with Crippen LogP contribution < -0.4 is 0 Å². The molecule has 0 aliphatic heterocycles. The van der Waals surface area contributed by atoms with Crippen LogP contribution in [0.3, 0.4) is 0 Å². The first-order valence-electron chi connectivity index (χ1n) is 3.33. The minimum Gasteiger partial charge on any atom is -0.427 e. The first-order chi connectivity index (χ1) is 5.33. The fourth-order valence-corrected chi connectivity index (χ4v) is 0.447. The molecule has 12 heavy (non-hydrogen) atoms. The van der Waals surface area contributed by atoms with E-state index >= 15 is 0 Å². The van der Waals surface area contributed by atoms with Crippen molar-refractivity contribution >= 4 is 7.12 Å². The lowest BCUT2D eigenvalue weighted by molar-refractivity contribution is -0.174. The molecule has 0 saturated heterocycles. The van der Waals surface area contributed by atoms with Crippen LogP contribution in [0.1, 0.15) is 6.92 Å². The quantitative estimate of drug-likeness (QED) is 0.625. The van der Waals surface area contributed by atoms with E-state index in [4.69, 9.17) is 10.0 Å². The zero-order chi connectivity index (χ0) is 9.78. The van der Waals surface area contributed by atoms with Crippen molar-refractivity contribution in [2.75, 3.05) is 13.2 Å². The summed E-state index contributed by atoms with van der Waals surface area (Å²) in [7, 11) is -1.64.